The van der Waals surface area contributed by atoms with Crippen LogP contribution in [0.25, 0.3) is 11.1 Å². The SMILES string of the molecule is O=C(CC1OCCN(CCO)C1=O)Nc1ccc(C(=O)OCC(=O)c2ccc3c(c2)Cc2ccccc2-3)cc1. The highest BCUT2D eigenvalue weighted by atomic mass is 16.5. The zero-order valence-electron chi connectivity index (χ0n) is 21.2. The number of amides is 2. The van der Waals surface area contributed by atoms with Crippen molar-refractivity contribution in [3.63, 3.8) is 0 Å². The summed E-state index contributed by atoms with van der Waals surface area (Å²) >= 11 is 0. The highest BCUT2D eigenvalue weighted by Gasteiger charge is 2.31. The molecule has 1 aliphatic heterocycles. The number of nitrogens with one attached hydrogen (secondary N) is 1. The number of carbonyl (C=O) groups excluding carboxylic acids is 4. The first-order chi connectivity index (χ1) is 18.9. The zero-order valence-corrected chi connectivity index (χ0v) is 21.2. The molecule has 0 spiro atoms. The molecule has 2 N–H and O–H groups in total. The molecule has 1 unspecified atom stereocenters. The Hall–Kier alpha value is -4.34. The molecule has 5 rings (SSSR count). The van der Waals surface area contributed by atoms with Crippen molar-refractivity contribution < 1.29 is 33.8 Å². The second kappa shape index (κ2) is 11.6. The number of Topliss-reactive ketones (excluding diaryl/α,β-unsaturated/α-hetero) is 1. The van der Waals surface area contributed by atoms with E-state index in [2.05, 4.69) is 17.4 Å². The highest BCUT2D eigenvalue weighted by molar-refractivity contribution is 6.00. The fourth-order valence-electron chi connectivity index (χ4n) is 4.87. The Morgan fingerprint density at radius 2 is 1.72 bits per heavy atom. The van der Waals surface area contributed by atoms with Crippen molar-refractivity contribution in [3.8, 4) is 11.1 Å². The quantitative estimate of drug-likeness (QED) is 0.253. The summed E-state index contributed by atoms with van der Waals surface area (Å²) in [6.07, 6.45) is -0.304. The maximum absolute atomic E-state index is 12.7. The smallest absolute Gasteiger partial charge is 0.338 e. The van der Waals surface area contributed by atoms with Gasteiger partial charge in [0.25, 0.3) is 5.91 Å². The average molecular weight is 529 g/mol. The van der Waals surface area contributed by atoms with Crippen LogP contribution in [-0.2, 0) is 25.5 Å². The predicted octanol–water partition coefficient (Wildman–Crippen LogP) is 2.85. The van der Waals surface area contributed by atoms with Crippen molar-refractivity contribution in [1.29, 1.82) is 0 Å². The number of aliphatic hydroxyl groups excluding tert-OH is 1. The van der Waals surface area contributed by atoms with Gasteiger partial charge in [0.15, 0.2) is 12.4 Å². The van der Waals surface area contributed by atoms with E-state index in [1.165, 1.54) is 40.3 Å². The zero-order chi connectivity index (χ0) is 27.4. The number of esters is 1. The van der Waals surface area contributed by atoms with Crippen LogP contribution in [0.3, 0.4) is 0 Å². The van der Waals surface area contributed by atoms with Gasteiger partial charge in [-0.15, -0.1) is 0 Å². The van der Waals surface area contributed by atoms with E-state index in [-0.39, 0.29) is 43.4 Å². The van der Waals surface area contributed by atoms with Gasteiger partial charge in [0, 0.05) is 24.3 Å². The Balaban J connectivity index is 1.11. The topological polar surface area (TPSA) is 122 Å². The van der Waals surface area contributed by atoms with Gasteiger partial charge in [-0.1, -0.05) is 36.4 Å². The minimum absolute atomic E-state index is 0.156. The maximum atomic E-state index is 12.7. The van der Waals surface area contributed by atoms with Crippen molar-refractivity contribution in [1.82, 2.24) is 4.90 Å². The largest absolute Gasteiger partial charge is 0.454 e. The molecule has 1 fully saturated rings. The summed E-state index contributed by atoms with van der Waals surface area (Å²) in [5.74, 6) is -1.69. The van der Waals surface area contributed by atoms with E-state index >= 15 is 0 Å². The minimum atomic E-state index is -0.905. The fourth-order valence-corrected chi connectivity index (χ4v) is 4.87. The molecular formula is C30H28N2O7. The summed E-state index contributed by atoms with van der Waals surface area (Å²) in [6.45, 7) is 0.334. The van der Waals surface area contributed by atoms with Gasteiger partial charge < -0.3 is 24.8 Å². The molecule has 9 nitrogen and oxygen atoms in total. The Bertz CT molecular complexity index is 1420. The standard InChI is InChI=1S/C30H28N2O7/c33-13-11-32-12-14-38-27(29(32)36)17-28(35)31-23-8-5-19(6-9-23)30(37)39-18-26(34)21-7-10-25-22(16-21)15-20-3-1-2-4-24(20)25/h1-10,16,27,33H,11-15,17-18H2,(H,31,35). The number of fused-ring (bicyclic) bond motifs is 3. The minimum Gasteiger partial charge on any atom is -0.454 e. The molecule has 1 atom stereocenters. The number of benzene rings is 3. The molecule has 1 heterocycles. The van der Waals surface area contributed by atoms with E-state index in [4.69, 9.17) is 14.6 Å². The Kier molecular flexibility index (Phi) is 7.81. The third-order valence-corrected chi connectivity index (χ3v) is 6.86. The summed E-state index contributed by atoms with van der Waals surface area (Å²) in [4.78, 5) is 51.4. The van der Waals surface area contributed by atoms with Crippen LogP contribution in [0.5, 0.6) is 0 Å². The number of hydrogen-bond donors (Lipinski definition) is 2. The first-order valence-electron chi connectivity index (χ1n) is 12.8. The molecule has 3 aromatic carbocycles. The number of rotatable bonds is 9. The maximum Gasteiger partial charge on any atom is 0.338 e. The second-order valence-electron chi connectivity index (χ2n) is 9.44. The normalized spacial score (nSPS) is 15.9. The number of carbonyl (C=O) groups is 4. The third-order valence-electron chi connectivity index (χ3n) is 6.86. The van der Waals surface area contributed by atoms with Gasteiger partial charge >= 0.3 is 5.97 Å². The van der Waals surface area contributed by atoms with Crippen molar-refractivity contribution >= 4 is 29.3 Å². The molecule has 9 heteroatoms. The Morgan fingerprint density at radius 3 is 2.51 bits per heavy atom. The molecule has 1 saturated heterocycles. The number of β-amino-alcohol motifs (C(OH)–C–C–N with tert-alkyl or cyclic N) is 1. The molecule has 200 valence electrons. The number of ether oxygens (including phenoxy) is 2. The van der Waals surface area contributed by atoms with E-state index < -0.39 is 18.0 Å². The summed E-state index contributed by atoms with van der Waals surface area (Å²) < 4.78 is 10.7. The van der Waals surface area contributed by atoms with Crippen LogP contribution in [0.1, 0.15) is 38.3 Å². The monoisotopic (exact) mass is 528 g/mol. The molecule has 2 aliphatic rings. The first kappa shape index (κ1) is 26.3. The summed E-state index contributed by atoms with van der Waals surface area (Å²) in [6, 6.07) is 19.7. The van der Waals surface area contributed by atoms with E-state index in [9.17, 15) is 19.2 Å². The van der Waals surface area contributed by atoms with Gasteiger partial charge in [-0.05, 0) is 59.0 Å². The molecule has 39 heavy (non-hydrogen) atoms. The van der Waals surface area contributed by atoms with Crippen molar-refractivity contribution in [2.45, 2.75) is 18.9 Å². The first-order valence-corrected chi connectivity index (χ1v) is 12.8. The molecular weight excluding hydrogens is 500 g/mol. The lowest BCUT2D eigenvalue weighted by atomic mass is 10.0. The molecule has 0 radical (unpaired) electrons. The van der Waals surface area contributed by atoms with E-state index in [1.54, 1.807) is 6.07 Å². The van der Waals surface area contributed by atoms with Crippen molar-refractivity contribution in [3.05, 3.63) is 89.0 Å². The van der Waals surface area contributed by atoms with Crippen LogP contribution < -0.4 is 5.32 Å². The number of nitrogens with zero attached hydrogens (tertiary/aromatic N) is 1. The summed E-state index contributed by atoms with van der Waals surface area (Å²) in [7, 11) is 0. The van der Waals surface area contributed by atoms with Gasteiger partial charge in [-0.2, -0.15) is 0 Å². The Labute approximate surface area is 225 Å². The lowest BCUT2D eigenvalue weighted by molar-refractivity contribution is -0.155. The highest BCUT2D eigenvalue weighted by Crippen LogP contribution is 2.36. The van der Waals surface area contributed by atoms with Crippen molar-refractivity contribution in [2.75, 3.05) is 38.2 Å². The van der Waals surface area contributed by atoms with Gasteiger partial charge in [0.1, 0.15) is 6.10 Å². The predicted molar refractivity (Wildman–Crippen MR) is 142 cm³/mol. The van der Waals surface area contributed by atoms with Gasteiger partial charge in [0.05, 0.1) is 25.2 Å². The number of hydrogen-bond acceptors (Lipinski definition) is 7. The number of anilines is 1. The van der Waals surface area contributed by atoms with Crippen LogP contribution in [0.4, 0.5) is 5.69 Å². The Morgan fingerprint density at radius 1 is 0.974 bits per heavy atom. The van der Waals surface area contributed by atoms with E-state index in [0.717, 1.165) is 17.5 Å². The number of morpholine rings is 1. The lowest BCUT2D eigenvalue weighted by Crippen LogP contribution is -2.49. The molecule has 1 aliphatic carbocycles. The van der Waals surface area contributed by atoms with Crippen LogP contribution in [0, 0.1) is 0 Å². The lowest BCUT2D eigenvalue weighted by Gasteiger charge is -2.31. The van der Waals surface area contributed by atoms with E-state index in [0.29, 0.717) is 24.4 Å². The second-order valence-corrected chi connectivity index (χ2v) is 9.44. The van der Waals surface area contributed by atoms with Crippen LogP contribution >= 0.6 is 0 Å². The number of aliphatic hydroxyl groups is 1. The molecule has 3 aromatic rings. The molecule has 2 amide bonds. The van der Waals surface area contributed by atoms with Crippen LogP contribution in [0.2, 0.25) is 0 Å². The van der Waals surface area contributed by atoms with Gasteiger partial charge in [-0.25, -0.2) is 4.79 Å². The fraction of sp³-hybridized carbons (Fsp3) is 0.267. The third kappa shape index (κ3) is 5.89. The van der Waals surface area contributed by atoms with Crippen molar-refractivity contribution in [2.24, 2.45) is 0 Å². The average Bonchev–Trinajstić information content (AvgIpc) is 3.32. The summed E-state index contributed by atoms with van der Waals surface area (Å²) in [5.41, 5.74) is 5.76. The molecule has 0 aromatic heterocycles. The van der Waals surface area contributed by atoms with Crippen LogP contribution in [-0.4, -0.2) is 72.6 Å². The molecule has 0 bridgehead atoms. The molecule has 0 saturated carbocycles. The number of ketones is 1. The summed E-state index contributed by atoms with van der Waals surface area (Å²) in [5, 5.41) is 11.7. The van der Waals surface area contributed by atoms with E-state index in [1.807, 2.05) is 24.3 Å². The van der Waals surface area contributed by atoms with Gasteiger partial charge in [-0.3, -0.25) is 14.4 Å². The van der Waals surface area contributed by atoms with Crippen LogP contribution in [0.15, 0.2) is 66.7 Å². The van der Waals surface area contributed by atoms with Gasteiger partial charge in [0.2, 0.25) is 5.91 Å².